The molecule has 1 aliphatic rings. The molecule has 0 aliphatic carbocycles. The lowest BCUT2D eigenvalue weighted by atomic mass is 9.78. The molecule has 20 heavy (non-hydrogen) atoms. The first-order valence-corrected chi connectivity index (χ1v) is 6.76. The van der Waals surface area contributed by atoms with Gasteiger partial charge in [-0.05, 0) is 18.4 Å². The summed E-state index contributed by atoms with van der Waals surface area (Å²) in [6, 6.07) is 8.61. The van der Waals surface area contributed by atoms with Gasteiger partial charge in [0.15, 0.2) is 0 Å². The maximum atomic E-state index is 12.6. The number of barbiturate groups is 1. The lowest BCUT2D eigenvalue weighted by molar-refractivity contribution is -0.152. The minimum absolute atomic E-state index is 0.181. The van der Waals surface area contributed by atoms with Gasteiger partial charge in [0.25, 0.3) is 0 Å². The summed E-state index contributed by atoms with van der Waals surface area (Å²) in [6.07, 6.45) is 0.763. The molecule has 0 radical (unpaired) electrons. The van der Waals surface area contributed by atoms with E-state index in [1.165, 1.54) is 0 Å². The van der Waals surface area contributed by atoms with Gasteiger partial charge in [-0.1, -0.05) is 44.2 Å². The lowest BCUT2D eigenvalue weighted by Gasteiger charge is -2.38. The molecule has 1 aliphatic heterocycles. The van der Waals surface area contributed by atoms with Gasteiger partial charge in [-0.2, -0.15) is 0 Å². The van der Waals surface area contributed by atoms with Gasteiger partial charge in [0, 0.05) is 0 Å². The summed E-state index contributed by atoms with van der Waals surface area (Å²) in [7, 11) is 0. The van der Waals surface area contributed by atoms with Gasteiger partial charge in [-0.15, -0.1) is 0 Å². The normalized spacial score (nSPS) is 18.1. The summed E-state index contributed by atoms with van der Waals surface area (Å²) in [5, 5.41) is 2.30. The van der Waals surface area contributed by atoms with Crippen LogP contribution in [0.3, 0.4) is 0 Å². The minimum atomic E-state index is -1.12. The summed E-state index contributed by atoms with van der Waals surface area (Å²) < 4.78 is 0. The van der Waals surface area contributed by atoms with Crippen LogP contribution < -0.4 is 5.32 Å². The van der Waals surface area contributed by atoms with Crippen LogP contribution in [0.1, 0.15) is 32.3 Å². The third-order valence-corrected chi connectivity index (χ3v) is 3.95. The number of nitrogens with one attached hydrogen (secondary N) is 1. The Balaban J connectivity index is 2.31. The zero-order valence-corrected chi connectivity index (χ0v) is 11.7. The monoisotopic (exact) mass is 274 g/mol. The average molecular weight is 274 g/mol. The van der Waals surface area contributed by atoms with Gasteiger partial charge < -0.3 is 0 Å². The Kier molecular flexibility index (Phi) is 3.88. The van der Waals surface area contributed by atoms with Crippen LogP contribution in [0.4, 0.5) is 4.79 Å². The Hall–Kier alpha value is -2.17. The van der Waals surface area contributed by atoms with Crippen molar-refractivity contribution in [1.29, 1.82) is 0 Å². The quantitative estimate of drug-likeness (QED) is 0.855. The van der Waals surface area contributed by atoms with Gasteiger partial charge in [0.1, 0.15) is 5.41 Å². The van der Waals surface area contributed by atoms with Crippen LogP contribution in [0, 0.1) is 5.41 Å². The zero-order valence-electron chi connectivity index (χ0n) is 11.7. The van der Waals surface area contributed by atoms with Gasteiger partial charge in [-0.3, -0.25) is 19.8 Å². The first kappa shape index (κ1) is 14.2. The highest BCUT2D eigenvalue weighted by atomic mass is 16.2. The number of carbonyl (C=O) groups is 3. The number of rotatable bonds is 4. The number of imide groups is 2. The van der Waals surface area contributed by atoms with Crippen LogP contribution in [-0.2, 0) is 16.1 Å². The van der Waals surface area contributed by atoms with E-state index in [2.05, 4.69) is 5.32 Å². The maximum Gasteiger partial charge on any atom is 0.331 e. The Bertz CT molecular complexity index is 535. The summed E-state index contributed by atoms with van der Waals surface area (Å²) in [6.45, 7) is 3.76. The first-order chi connectivity index (χ1) is 9.55. The predicted octanol–water partition coefficient (Wildman–Crippen LogP) is 2.07. The molecule has 0 atom stereocenters. The van der Waals surface area contributed by atoms with E-state index < -0.39 is 23.3 Å². The van der Waals surface area contributed by atoms with Crippen LogP contribution in [0.5, 0.6) is 0 Å². The fraction of sp³-hybridized carbons (Fsp3) is 0.400. The van der Waals surface area contributed by atoms with Gasteiger partial charge in [0.05, 0.1) is 6.54 Å². The van der Waals surface area contributed by atoms with Crippen LogP contribution in [0.15, 0.2) is 30.3 Å². The number of carbonyl (C=O) groups excluding carboxylic acids is 3. The van der Waals surface area contributed by atoms with Crippen LogP contribution in [-0.4, -0.2) is 22.7 Å². The molecule has 5 heteroatoms. The summed E-state index contributed by atoms with van der Waals surface area (Å²) >= 11 is 0. The summed E-state index contributed by atoms with van der Waals surface area (Å²) in [5.74, 6) is -0.887. The van der Waals surface area contributed by atoms with Crippen molar-refractivity contribution in [3.05, 3.63) is 35.9 Å². The van der Waals surface area contributed by atoms with Gasteiger partial charge in [-0.25, -0.2) is 4.79 Å². The van der Waals surface area contributed by atoms with Crippen molar-refractivity contribution < 1.29 is 14.4 Å². The molecule has 5 nitrogen and oxygen atoms in total. The van der Waals surface area contributed by atoms with E-state index in [-0.39, 0.29) is 6.54 Å². The van der Waals surface area contributed by atoms with E-state index in [0.717, 1.165) is 10.5 Å². The molecule has 0 aromatic heterocycles. The van der Waals surface area contributed by atoms with E-state index in [4.69, 9.17) is 0 Å². The van der Waals surface area contributed by atoms with E-state index >= 15 is 0 Å². The van der Waals surface area contributed by atoms with Crippen LogP contribution in [0.2, 0.25) is 0 Å². The molecule has 1 aromatic rings. The average Bonchev–Trinajstić information content (AvgIpc) is 2.46. The van der Waals surface area contributed by atoms with Crippen molar-refractivity contribution in [3.63, 3.8) is 0 Å². The van der Waals surface area contributed by atoms with Crippen molar-refractivity contribution in [2.45, 2.75) is 33.2 Å². The Morgan fingerprint density at radius 2 is 1.65 bits per heavy atom. The number of urea groups is 1. The van der Waals surface area contributed by atoms with Gasteiger partial charge >= 0.3 is 6.03 Å². The molecule has 1 fully saturated rings. The molecule has 1 heterocycles. The Morgan fingerprint density at radius 1 is 1.05 bits per heavy atom. The third kappa shape index (κ3) is 2.19. The zero-order chi connectivity index (χ0) is 14.8. The van der Waals surface area contributed by atoms with E-state index in [9.17, 15) is 14.4 Å². The fourth-order valence-electron chi connectivity index (χ4n) is 2.52. The summed E-state index contributed by atoms with van der Waals surface area (Å²) in [4.78, 5) is 37.6. The van der Waals surface area contributed by atoms with Crippen molar-refractivity contribution in [1.82, 2.24) is 10.2 Å². The van der Waals surface area contributed by atoms with E-state index in [0.29, 0.717) is 12.8 Å². The molecule has 1 N–H and O–H groups in total. The summed E-state index contributed by atoms with van der Waals surface area (Å²) in [5.41, 5.74) is -0.269. The second kappa shape index (κ2) is 5.45. The minimum Gasteiger partial charge on any atom is -0.277 e. The van der Waals surface area contributed by atoms with Crippen molar-refractivity contribution in [2.75, 3.05) is 0 Å². The maximum absolute atomic E-state index is 12.6. The van der Waals surface area contributed by atoms with Crippen LogP contribution in [0.25, 0.3) is 0 Å². The van der Waals surface area contributed by atoms with Crippen molar-refractivity contribution in [3.8, 4) is 0 Å². The molecular weight excluding hydrogens is 256 g/mol. The molecule has 1 saturated heterocycles. The molecule has 4 amide bonds. The third-order valence-electron chi connectivity index (χ3n) is 3.95. The molecule has 0 bridgehead atoms. The molecular formula is C15H18N2O3. The molecule has 2 rings (SSSR count). The van der Waals surface area contributed by atoms with Crippen molar-refractivity contribution >= 4 is 17.8 Å². The second-order valence-electron chi connectivity index (χ2n) is 4.93. The van der Waals surface area contributed by atoms with Crippen molar-refractivity contribution in [2.24, 2.45) is 5.41 Å². The highest BCUT2D eigenvalue weighted by Crippen LogP contribution is 2.32. The molecule has 0 unspecified atom stereocenters. The Labute approximate surface area is 118 Å². The topological polar surface area (TPSA) is 66.5 Å². The number of amides is 4. The first-order valence-electron chi connectivity index (χ1n) is 6.76. The van der Waals surface area contributed by atoms with Gasteiger partial charge in [0.2, 0.25) is 11.8 Å². The number of hydrogen-bond acceptors (Lipinski definition) is 3. The fourth-order valence-corrected chi connectivity index (χ4v) is 2.52. The largest absolute Gasteiger partial charge is 0.331 e. The van der Waals surface area contributed by atoms with E-state index in [1.54, 1.807) is 13.8 Å². The SMILES string of the molecule is CCC1(CC)C(=O)NC(=O)N(Cc2ccccc2)C1=O. The highest BCUT2D eigenvalue weighted by molar-refractivity contribution is 6.19. The highest BCUT2D eigenvalue weighted by Gasteiger charge is 2.51. The smallest absolute Gasteiger partial charge is 0.277 e. The molecule has 0 saturated carbocycles. The molecule has 106 valence electrons. The Morgan fingerprint density at radius 3 is 2.20 bits per heavy atom. The predicted molar refractivity (Wildman–Crippen MR) is 73.5 cm³/mol. The lowest BCUT2D eigenvalue weighted by Crippen LogP contribution is -2.63. The van der Waals surface area contributed by atoms with E-state index in [1.807, 2.05) is 30.3 Å². The second-order valence-corrected chi connectivity index (χ2v) is 4.93. The number of hydrogen-bond donors (Lipinski definition) is 1. The molecule has 0 spiro atoms. The van der Waals surface area contributed by atoms with Crippen LogP contribution >= 0.6 is 0 Å². The molecule has 1 aromatic carbocycles. The number of nitrogens with zero attached hydrogens (tertiary/aromatic N) is 1. The standard InChI is InChI=1S/C15H18N2O3/c1-3-15(4-2)12(18)16-14(20)17(13(15)19)10-11-8-6-5-7-9-11/h5-9H,3-4,10H2,1-2H3,(H,16,18,20). The number of benzene rings is 1.